The first kappa shape index (κ1) is 13.6. The highest BCUT2D eigenvalue weighted by molar-refractivity contribution is 7.92. The van der Waals surface area contributed by atoms with Gasteiger partial charge in [0.05, 0.1) is 5.25 Å². The Labute approximate surface area is 96.0 Å². The number of sulfonamides is 2. The number of nitrogens with two attached hydrogens (primary N) is 1. The van der Waals surface area contributed by atoms with Gasteiger partial charge in [-0.3, -0.25) is 0 Å². The molecule has 94 valence electrons. The first-order valence-corrected chi connectivity index (χ1v) is 8.08. The number of hydrogen-bond acceptors (Lipinski definition) is 4. The first-order chi connectivity index (χ1) is 7.26. The summed E-state index contributed by atoms with van der Waals surface area (Å²) in [5.41, 5.74) is 0. The third-order valence-corrected chi connectivity index (χ3v) is 5.14. The molecule has 1 aliphatic rings. The SMILES string of the molecule is C=CS(=O)(=O)N[C@@H]1CCCC[C@@H]1S(N)(=O)=O. The monoisotopic (exact) mass is 268 g/mol. The molecule has 0 heterocycles. The largest absolute Gasteiger partial charge is 0.233 e. The minimum atomic E-state index is -3.72. The summed E-state index contributed by atoms with van der Waals surface area (Å²) in [6.07, 6.45) is 2.40. The molecule has 0 radical (unpaired) electrons. The molecule has 1 rings (SSSR count). The second-order valence-corrected chi connectivity index (χ2v) is 7.29. The highest BCUT2D eigenvalue weighted by Crippen LogP contribution is 2.23. The molecule has 0 saturated heterocycles. The van der Waals surface area contributed by atoms with Crippen molar-refractivity contribution >= 4 is 20.0 Å². The Morgan fingerprint density at radius 3 is 2.25 bits per heavy atom. The summed E-state index contributed by atoms with van der Waals surface area (Å²) in [4.78, 5) is 0. The fraction of sp³-hybridized carbons (Fsp3) is 0.750. The van der Waals surface area contributed by atoms with Gasteiger partial charge in [0.15, 0.2) is 0 Å². The van der Waals surface area contributed by atoms with Gasteiger partial charge in [-0.15, -0.1) is 0 Å². The molecule has 8 heteroatoms. The summed E-state index contributed by atoms with van der Waals surface area (Å²) in [6, 6.07) is -0.647. The van der Waals surface area contributed by atoms with Gasteiger partial charge in [0.25, 0.3) is 0 Å². The summed E-state index contributed by atoms with van der Waals surface area (Å²) in [5.74, 6) is 0. The van der Waals surface area contributed by atoms with Gasteiger partial charge in [-0.1, -0.05) is 19.4 Å². The predicted molar refractivity (Wildman–Crippen MR) is 61.4 cm³/mol. The summed E-state index contributed by atoms with van der Waals surface area (Å²) < 4.78 is 47.4. The summed E-state index contributed by atoms with van der Waals surface area (Å²) in [7, 11) is -7.34. The van der Waals surface area contributed by atoms with Crippen LogP contribution >= 0.6 is 0 Å². The van der Waals surface area contributed by atoms with E-state index in [9.17, 15) is 16.8 Å². The van der Waals surface area contributed by atoms with Gasteiger partial charge in [0.2, 0.25) is 20.0 Å². The standard InChI is InChI=1S/C8H16N2O4S2/c1-2-15(11,12)10-7-5-3-4-6-8(7)16(9,13)14/h2,7-8,10H,1,3-6H2,(H2,9,13,14)/t7-,8+/m1/s1. The molecule has 1 fully saturated rings. The van der Waals surface area contributed by atoms with E-state index in [-0.39, 0.29) is 0 Å². The number of primary sulfonamides is 1. The van der Waals surface area contributed by atoms with Crippen LogP contribution in [0.4, 0.5) is 0 Å². The summed E-state index contributed by atoms with van der Waals surface area (Å²) in [5, 5.41) is 5.00. The van der Waals surface area contributed by atoms with Crippen LogP contribution in [-0.4, -0.2) is 28.1 Å². The Balaban J connectivity index is 2.88. The lowest BCUT2D eigenvalue weighted by Crippen LogP contribution is -2.49. The Morgan fingerprint density at radius 1 is 1.19 bits per heavy atom. The van der Waals surface area contributed by atoms with Crippen molar-refractivity contribution in [2.24, 2.45) is 5.14 Å². The molecule has 0 amide bonds. The normalized spacial score (nSPS) is 27.6. The molecular formula is C8H16N2O4S2. The van der Waals surface area contributed by atoms with Gasteiger partial charge in [-0.25, -0.2) is 26.7 Å². The van der Waals surface area contributed by atoms with Crippen molar-refractivity contribution in [3.63, 3.8) is 0 Å². The molecule has 0 aliphatic heterocycles. The van der Waals surface area contributed by atoms with E-state index < -0.39 is 31.3 Å². The van der Waals surface area contributed by atoms with E-state index in [0.29, 0.717) is 12.8 Å². The van der Waals surface area contributed by atoms with Crippen LogP contribution in [0.2, 0.25) is 0 Å². The molecule has 2 atom stereocenters. The van der Waals surface area contributed by atoms with E-state index in [1.807, 2.05) is 0 Å². The van der Waals surface area contributed by atoms with E-state index in [2.05, 4.69) is 11.3 Å². The van der Waals surface area contributed by atoms with E-state index in [1.165, 1.54) is 0 Å². The number of rotatable bonds is 4. The summed E-state index contributed by atoms with van der Waals surface area (Å²) in [6.45, 7) is 3.15. The zero-order chi connectivity index (χ0) is 12.4. The topological polar surface area (TPSA) is 106 Å². The van der Waals surface area contributed by atoms with Gasteiger partial charge in [-0.2, -0.15) is 0 Å². The van der Waals surface area contributed by atoms with Crippen molar-refractivity contribution in [2.45, 2.75) is 37.0 Å². The first-order valence-electron chi connectivity index (χ1n) is 4.92. The Bertz CT molecular complexity index is 454. The quantitative estimate of drug-likeness (QED) is 0.726. The summed E-state index contributed by atoms with van der Waals surface area (Å²) >= 11 is 0. The van der Waals surface area contributed by atoms with Gasteiger partial charge in [0, 0.05) is 11.4 Å². The van der Waals surface area contributed by atoms with E-state index in [1.54, 1.807) is 0 Å². The molecule has 0 bridgehead atoms. The molecule has 16 heavy (non-hydrogen) atoms. The average molecular weight is 268 g/mol. The maximum Gasteiger partial charge on any atom is 0.233 e. The van der Waals surface area contributed by atoms with Crippen molar-refractivity contribution in [1.82, 2.24) is 4.72 Å². The molecule has 0 aromatic carbocycles. The average Bonchev–Trinajstić information content (AvgIpc) is 2.16. The van der Waals surface area contributed by atoms with Crippen LogP contribution < -0.4 is 9.86 Å². The van der Waals surface area contributed by atoms with Gasteiger partial charge in [-0.05, 0) is 12.8 Å². The van der Waals surface area contributed by atoms with E-state index in [4.69, 9.17) is 5.14 Å². The second-order valence-electron chi connectivity index (χ2n) is 3.85. The molecule has 0 aromatic rings. The van der Waals surface area contributed by atoms with Crippen LogP contribution in [0.15, 0.2) is 12.0 Å². The minimum absolute atomic E-state index is 0.392. The van der Waals surface area contributed by atoms with Crippen molar-refractivity contribution in [3.05, 3.63) is 12.0 Å². The molecular weight excluding hydrogens is 252 g/mol. The predicted octanol–water partition coefficient (Wildman–Crippen LogP) is -0.351. The lowest BCUT2D eigenvalue weighted by molar-refractivity contribution is 0.408. The number of hydrogen-bond donors (Lipinski definition) is 2. The molecule has 0 spiro atoms. The van der Waals surface area contributed by atoms with Crippen molar-refractivity contribution in [1.29, 1.82) is 0 Å². The molecule has 1 aliphatic carbocycles. The fourth-order valence-electron chi connectivity index (χ4n) is 1.88. The highest BCUT2D eigenvalue weighted by atomic mass is 32.2. The Kier molecular flexibility index (Phi) is 4.11. The highest BCUT2D eigenvalue weighted by Gasteiger charge is 2.35. The fourth-order valence-corrected chi connectivity index (χ4v) is 3.93. The van der Waals surface area contributed by atoms with Crippen LogP contribution in [0.5, 0.6) is 0 Å². The molecule has 0 aromatic heterocycles. The lowest BCUT2D eigenvalue weighted by Gasteiger charge is -2.29. The third-order valence-electron chi connectivity index (χ3n) is 2.66. The van der Waals surface area contributed by atoms with E-state index >= 15 is 0 Å². The van der Waals surface area contributed by atoms with E-state index in [0.717, 1.165) is 18.2 Å². The van der Waals surface area contributed by atoms with Crippen LogP contribution in [0.3, 0.4) is 0 Å². The second kappa shape index (κ2) is 4.82. The van der Waals surface area contributed by atoms with Crippen LogP contribution in [-0.2, 0) is 20.0 Å². The van der Waals surface area contributed by atoms with Crippen molar-refractivity contribution < 1.29 is 16.8 Å². The third kappa shape index (κ3) is 3.55. The molecule has 3 N–H and O–H groups in total. The molecule has 1 saturated carbocycles. The Hall–Kier alpha value is -0.440. The maximum absolute atomic E-state index is 11.3. The molecule has 6 nitrogen and oxygen atoms in total. The lowest BCUT2D eigenvalue weighted by atomic mass is 9.96. The zero-order valence-electron chi connectivity index (χ0n) is 8.79. The maximum atomic E-state index is 11.3. The van der Waals surface area contributed by atoms with Gasteiger partial charge >= 0.3 is 0 Å². The van der Waals surface area contributed by atoms with Gasteiger partial charge < -0.3 is 0 Å². The van der Waals surface area contributed by atoms with Crippen LogP contribution in [0.25, 0.3) is 0 Å². The van der Waals surface area contributed by atoms with Crippen molar-refractivity contribution in [2.75, 3.05) is 0 Å². The minimum Gasteiger partial charge on any atom is -0.228 e. The zero-order valence-corrected chi connectivity index (χ0v) is 10.4. The number of nitrogens with one attached hydrogen (secondary N) is 1. The van der Waals surface area contributed by atoms with Crippen LogP contribution in [0.1, 0.15) is 25.7 Å². The van der Waals surface area contributed by atoms with Gasteiger partial charge in [0.1, 0.15) is 0 Å². The van der Waals surface area contributed by atoms with Crippen molar-refractivity contribution in [3.8, 4) is 0 Å². The smallest absolute Gasteiger partial charge is 0.228 e. The molecule has 0 unspecified atom stereocenters. The van der Waals surface area contributed by atoms with Crippen LogP contribution in [0, 0.1) is 0 Å². The Morgan fingerprint density at radius 2 is 1.75 bits per heavy atom.